The van der Waals surface area contributed by atoms with Gasteiger partial charge in [0.15, 0.2) is 0 Å². The number of nitrogens with zero attached hydrogens (tertiary/aromatic N) is 2. The molecule has 1 rings (SSSR count). The van der Waals surface area contributed by atoms with Crippen molar-refractivity contribution in [1.82, 2.24) is 10.2 Å². The zero-order valence-corrected chi connectivity index (χ0v) is 11.4. The van der Waals surface area contributed by atoms with Crippen molar-refractivity contribution in [2.75, 3.05) is 32.5 Å². The second-order valence-electron chi connectivity index (χ2n) is 4.58. The second kappa shape index (κ2) is 8.11. The molecule has 5 heteroatoms. The highest BCUT2D eigenvalue weighted by Gasteiger charge is 2.01. The second-order valence-corrected chi connectivity index (χ2v) is 4.58. The number of rotatable bonds is 6. The molecule has 0 heterocycles. The molecule has 0 unspecified atom stereocenters. The summed E-state index contributed by atoms with van der Waals surface area (Å²) in [4.78, 5) is 13.7. The molecule has 102 valence electrons. The summed E-state index contributed by atoms with van der Waals surface area (Å²) < 4.78 is 0. The number of urea groups is 1. The van der Waals surface area contributed by atoms with Gasteiger partial charge in [-0.25, -0.2) is 4.79 Å². The summed E-state index contributed by atoms with van der Waals surface area (Å²) in [6.45, 7) is 1.69. The van der Waals surface area contributed by atoms with Gasteiger partial charge in [-0.05, 0) is 57.7 Å². The molecule has 2 amide bonds. The van der Waals surface area contributed by atoms with Crippen LogP contribution in [0.4, 0.5) is 10.5 Å². The van der Waals surface area contributed by atoms with E-state index < -0.39 is 0 Å². The third kappa shape index (κ3) is 6.43. The lowest BCUT2D eigenvalue weighted by Crippen LogP contribution is -2.29. The number of unbranched alkanes of at least 4 members (excludes halogenated alkanes) is 1. The van der Waals surface area contributed by atoms with Gasteiger partial charge in [0.2, 0.25) is 0 Å². The average Bonchev–Trinajstić information content (AvgIpc) is 2.39. The molecule has 1 aromatic rings. The number of nitrogens with one attached hydrogen (secondary N) is 2. The van der Waals surface area contributed by atoms with Gasteiger partial charge in [-0.3, -0.25) is 0 Å². The van der Waals surface area contributed by atoms with Gasteiger partial charge in [-0.15, -0.1) is 0 Å². The maximum absolute atomic E-state index is 11.6. The highest BCUT2D eigenvalue weighted by Crippen LogP contribution is 2.08. The lowest BCUT2D eigenvalue weighted by Gasteiger charge is -2.10. The van der Waals surface area contributed by atoms with Crippen molar-refractivity contribution < 1.29 is 4.79 Å². The molecule has 19 heavy (non-hydrogen) atoms. The Kier molecular flexibility index (Phi) is 6.41. The molecule has 0 spiro atoms. The van der Waals surface area contributed by atoms with E-state index in [4.69, 9.17) is 5.26 Å². The van der Waals surface area contributed by atoms with Crippen molar-refractivity contribution in [3.63, 3.8) is 0 Å². The van der Waals surface area contributed by atoms with E-state index in [1.54, 1.807) is 24.3 Å². The first-order valence-electron chi connectivity index (χ1n) is 6.31. The van der Waals surface area contributed by atoms with Gasteiger partial charge < -0.3 is 15.5 Å². The average molecular weight is 260 g/mol. The first kappa shape index (κ1) is 15.0. The first-order valence-corrected chi connectivity index (χ1v) is 6.31. The fourth-order valence-corrected chi connectivity index (χ4v) is 1.56. The monoisotopic (exact) mass is 260 g/mol. The summed E-state index contributed by atoms with van der Waals surface area (Å²) in [5, 5.41) is 14.2. The minimum Gasteiger partial charge on any atom is -0.338 e. The van der Waals surface area contributed by atoms with Crippen LogP contribution >= 0.6 is 0 Å². The van der Waals surface area contributed by atoms with Gasteiger partial charge in [0.25, 0.3) is 0 Å². The third-order valence-electron chi connectivity index (χ3n) is 2.59. The largest absolute Gasteiger partial charge is 0.338 e. The van der Waals surface area contributed by atoms with Crippen molar-refractivity contribution in [3.05, 3.63) is 29.8 Å². The molecule has 0 aliphatic heterocycles. The highest BCUT2D eigenvalue weighted by molar-refractivity contribution is 5.89. The summed E-state index contributed by atoms with van der Waals surface area (Å²) in [5.41, 5.74) is 1.26. The van der Waals surface area contributed by atoms with Gasteiger partial charge in [-0.1, -0.05) is 0 Å². The van der Waals surface area contributed by atoms with Crippen LogP contribution in [0.15, 0.2) is 24.3 Å². The molecular formula is C14H20N4O. The molecule has 0 fully saturated rings. The van der Waals surface area contributed by atoms with E-state index in [1.807, 2.05) is 20.2 Å². The van der Waals surface area contributed by atoms with Crippen molar-refractivity contribution in [1.29, 1.82) is 5.26 Å². The Morgan fingerprint density at radius 2 is 1.95 bits per heavy atom. The highest BCUT2D eigenvalue weighted by atomic mass is 16.2. The predicted octanol–water partition coefficient (Wildman–Crippen LogP) is 2.02. The third-order valence-corrected chi connectivity index (χ3v) is 2.59. The van der Waals surface area contributed by atoms with Crippen LogP contribution in [0, 0.1) is 11.3 Å². The number of anilines is 1. The summed E-state index contributed by atoms with van der Waals surface area (Å²) in [7, 11) is 4.07. The van der Waals surface area contributed by atoms with Gasteiger partial charge in [-0.2, -0.15) is 5.26 Å². The Balaban J connectivity index is 2.22. The van der Waals surface area contributed by atoms with Crippen molar-refractivity contribution >= 4 is 11.7 Å². The van der Waals surface area contributed by atoms with Crippen LogP contribution in [0.3, 0.4) is 0 Å². The number of benzene rings is 1. The van der Waals surface area contributed by atoms with Crippen molar-refractivity contribution in [2.24, 2.45) is 0 Å². The van der Waals surface area contributed by atoms with E-state index in [0.717, 1.165) is 19.4 Å². The molecule has 0 aromatic heterocycles. The molecule has 2 N–H and O–H groups in total. The fourth-order valence-electron chi connectivity index (χ4n) is 1.56. The molecule has 5 nitrogen and oxygen atoms in total. The topological polar surface area (TPSA) is 68.2 Å². The molecule has 0 radical (unpaired) electrons. The minimum absolute atomic E-state index is 0.213. The Hall–Kier alpha value is -2.06. The number of hydrogen-bond donors (Lipinski definition) is 2. The van der Waals surface area contributed by atoms with Crippen molar-refractivity contribution in [3.8, 4) is 6.07 Å². The smallest absolute Gasteiger partial charge is 0.319 e. The normalized spacial score (nSPS) is 10.0. The van der Waals surface area contributed by atoms with Crippen LogP contribution in [0.25, 0.3) is 0 Å². The number of nitriles is 1. The van der Waals surface area contributed by atoms with Crippen LogP contribution in [0.2, 0.25) is 0 Å². The lowest BCUT2D eigenvalue weighted by atomic mass is 10.2. The maximum Gasteiger partial charge on any atom is 0.319 e. The Labute approximate surface area is 114 Å². The van der Waals surface area contributed by atoms with E-state index in [0.29, 0.717) is 17.8 Å². The number of carbonyl (C=O) groups excluding carboxylic acids is 1. The molecule has 0 aliphatic carbocycles. The van der Waals surface area contributed by atoms with Crippen molar-refractivity contribution in [2.45, 2.75) is 12.8 Å². The number of amides is 2. The number of carbonyl (C=O) groups is 1. The summed E-state index contributed by atoms with van der Waals surface area (Å²) in [5.74, 6) is 0. The Morgan fingerprint density at radius 3 is 2.53 bits per heavy atom. The van der Waals surface area contributed by atoms with Crippen LogP contribution in [-0.4, -0.2) is 38.1 Å². The maximum atomic E-state index is 11.6. The van der Waals surface area contributed by atoms with E-state index in [1.165, 1.54) is 0 Å². The van der Waals surface area contributed by atoms with E-state index in [2.05, 4.69) is 15.5 Å². The minimum atomic E-state index is -0.213. The van der Waals surface area contributed by atoms with Crippen LogP contribution in [0.5, 0.6) is 0 Å². The summed E-state index contributed by atoms with van der Waals surface area (Å²) >= 11 is 0. The van der Waals surface area contributed by atoms with Crippen LogP contribution in [-0.2, 0) is 0 Å². The molecule has 0 aliphatic rings. The van der Waals surface area contributed by atoms with Gasteiger partial charge in [0.05, 0.1) is 11.6 Å². The fraction of sp³-hybridized carbons (Fsp3) is 0.429. The SMILES string of the molecule is CN(C)CCCCNC(=O)Nc1ccc(C#N)cc1. The Morgan fingerprint density at radius 1 is 1.26 bits per heavy atom. The Bertz CT molecular complexity index is 434. The molecule has 0 saturated carbocycles. The number of hydrogen-bond acceptors (Lipinski definition) is 3. The van der Waals surface area contributed by atoms with Crippen LogP contribution in [0.1, 0.15) is 18.4 Å². The zero-order valence-electron chi connectivity index (χ0n) is 11.4. The molecule has 0 bridgehead atoms. The van der Waals surface area contributed by atoms with E-state index in [9.17, 15) is 4.79 Å². The predicted molar refractivity (Wildman–Crippen MR) is 76.0 cm³/mol. The summed E-state index contributed by atoms with van der Waals surface area (Å²) in [6, 6.07) is 8.59. The first-order chi connectivity index (χ1) is 9.11. The molecule has 0 atom stereocenters. The van der Waals surface area contributed by atoms with Gasteiger partial charge in [0.1, 0.15) is 0 Å². The standard InChI is InChI=1S/C14H20N4O/c1-18(2)10-4-3-9-16-14(19)17-13-7-5-12(11-15)6-8-13/h5-8H,3-4,9-10H2,1-2H3,(H2,16,17,19). The van der Waals surface area contributed by atoms with Gasteiger partial charge >= 0.3 is 6.03 Å². The summed E-state index contributed by atoms with van der Waals surface area (Å²) in [6.07, 6.45) is 2.02. The molecular weight excluding hydrogens is 240 g/mol. The van der Waals surface area contributed by atoms with Gasteiger partial charge in [0, 0.05) is 12.2 Å². The van der Waals surface area contributed by atoms with Crippen LogP contribution < -0.4 is 10.6 Å². The quantitative estimate of drug-likeness (QED) is 0.769. The van der Waals surface area contributed by atoms with E-state index >= 15 is 0 Å². The zero-order chi connectivity index (χ0) is 14.1. The van der Waals surface area contributed by atoms with E-state index in [-0.39, 0.29) is 6.03 Å². The lowest BCUT2D eigenvalue weighted by molar-refractivity contribution is 0.251. The molecule has 0 saturated heterocycles. The molecule has 1 aromatic carbocycles.